The Morgan fingerprint density at radius 2 is 2.29 bits per heavy atom. The molecule has 2 heterocycles. The van der Waals surface area contributed by atoms with Gasteiger partial charge in [-0.25, -0.2) is 4.79 Å². The smallest absolute Gasteiger partial charge is 0.327 e. The second kappa shape index (κ2) is 5.73. The Kier molecular flexibility index (Phi) is 4.28. The predicted octanol–water partition coefficient (Wildman–Crippen LogP) is 0.932. The number of carbonyl (C=O) groups excluding carboxylic acids is 1. The number of aliphatic carboxylic acids is 1. The summed E-state index contributed by atoms with van der Waals surface area (Å²) < 4.78 is 5.45. The molecule has 2 fully saturated rings. The summed E-state index contributed by atoms with van der Waals surface area (Å²) in [4.78, 5) is 24.3. The van der Waals surface area contributed by atoms with E-state index in [1.807, 2.05) is 0 Å². The molecule has 0 spiro atoms. The molecule has 1 unspecified atom stereocenters. The molecule has 5 nitrogen and oxygen atoms in total. The van der Waals surface area contributed by atoms with Gasteiger partial charge in [0.15, 0.2) is 0 Å². The molecule has 96 valence electrons. The zero-order valence-electron chi connectivity index (χ0n) is 9.63. The van der Waals surface area contributed by atoms with Crippen molar-refractivity contribution in [1.29, 1.82) is 0 Å². The third-order valence-corrected chi connectivity index (χ3v) is 4.20. The number of thioether (sulfide) groups is 1. The van der Waals surface area contributed by atoms with E-state index in [1.165, 1.54) is 16.7 Å². The van der Waals surface area contributed by atoms with Gasteiger partial charge in [0.2, 0.25) is 5.91 Å². The molecule has 1 N–H and O–H groups in total. The summed E-state index contributed by atoms with van der Waals surface area (Å²) in [5.74, 6) is 0.0425. The van der Waals surface area contributed by atoms with E-state index in [0.717, 1.165) is 19.4 Å². The lowest BCUT2D eigenvalue weighted by molar-refractivity contribution is -0.147. The third kappa shape index (κ3) is 3.13. The van der Waals surface area contributed by atoms with Crippen molar-refractivity contribution in [2.45, 2.75) is 37.8 Å². The van der Waals surface area contributed by atoms with Crippen molar-refractivity contribution >= 4 is 23.6 Å². The van der Waals surface area contributed by atoms with E-state index >= 15 is 0 Å². The first-order chi connectivity index (χ1) is 8.18. The molecule has 0 aliphatic carbocycles. The second-order valence-corrected chi connectivity index (χ2v) is 5.39. The predicted molar refractivity (Wildman–Crippen MR) is 63.8 cm³/mol. The first kappa shape index (κ1) is 12.7. The lowest BCUT2D eigenvalue weighted by atomic mass is 10.1. The normalized spacial score (nSPS) is 28.6. The van der Waals surface area contributed by atoms with Crippen LogP contribution in [-0.2, 0) is 14.3 Å². The highest BCUT2D eigenvalue weighted by atomic mass is 32.2. The van der Waals surface area contributed by atoms with Gasteiger partial charge in [-0.1, -0.05) is 0 Å². The van der Waals surface area contributed by atoms with Crippen molar-refractivity contribution in [3.05, 3.63) is 0 Å². The Labute approximate surface area is 104 Å². The highest BCUT2D eigenvalue weighted by Crippen LogP contribution is 2.23. The Morgan fingerprint density at radius 3 is 2.94 bits per heavy atom. The topological polar surface area (TPSA) is 66.8 Å². The summed E-state index contributed by atoms with van der Waals surface area (Å²) >= 11 is 1.50. The minimum atomic E-state index is -0.902. The van der Waals surface area contributed by atoms with Crippen LogP contribution in [-0.4, -0.2) is 52.3 Å². The van der Waals surface area contributed by atoms with Crippen LogP contribution in [0.4, 0.5) is 0 Å². The van der Waals surface area contributed by atoms with Gasteiger partial charge in [-0.05, 0) is 19.3 Å². The van der Waals surface area contributed by atoms with E-state index in [1.54, 1.807) is 0 Å². The number of carboxylic acids is 1. The summed E-state index contributed by atoms with van der Waals surface area (Å²) in [6.45, 7) is 0.788. The van der Waals surface area contributed by atoms with Gasteiger partial charge in [0.05, 0.1) is 12.0 Å². The van der Waals surface area contributed by atoms with Crippen molar-refractivity contribution in [3.8, 4) is 0 Å². The number of nitrogens with zero attached hydrogens (tertiary/aromatic N) is 1. The summed E-state index contributed by atoms with van der Waals surface area (Å²) in [6, 6.07) is -0.642. The fraction of sp³-hybridized carbons (Fsp3) is 0.818. The van der Waals surface area contributed by atoms with E-state index in [4.69, 9.17) is 9.84 Å². The molecule has 2 rings (SSSR count). The average molecular weight is 259 g/mol. The number of ether oxygens (including phenoxy) is 1. The molecule has 17 heavy (non-hydrogen) atoms. The molecule has 1 amide bonds. The van der Waals surface area contributed by atoms with Gasteiger partial charge in [0, 0.05) is 18.8 Å². The Bertz CT molecular complexity index is 304. The number of carboxylic acid groups (broad SMARTS) is 1. The molecular weight excluding hydrogens is 242 g/mol. The Balaban J connectivity index is 1.80. The summed E-state index contributed by atoms with van der Waals surface area (Å²) in [7, 11) is 0. The molecule has 2 atom stereocenters. The van der Waals surface area contributed by atoms with E-state index < -0.39 is 12.0 Å². The molecular formula is C11H17NO4S. The van der Waals surface area contributed by atoms with Crippen molar-refractivity contribution in [2.24, 2.45) is 0 Å². The van der Waals surface area contributed by atoms with Gasteiger partial charge in [-0.15, -0.1) is 11.8 Å². The highest BCUT2D eigenvalue weighted by Gasteiger charge is 2.34. The maximum absolute atomic E-state index is 11.9. The number of amides is 1. The van der Waals surface area contributed by atoms with Crippen LogP contribution in [0.15, 0.2) is 0 Å². The molecule has 0 aromatic heterocycles. The van der Waals surface area contributed by atoms with E-state index in [-0.39, 0.29) is 12.0 Å². The average Bonchev–Trinajstić information content (AvgIpc) is 2.96. The Morgan fingerprint density at radius 1 is 1.47 bits per heavy atom. The van der Waals surface area contributed by atoms with Crippen molar-refractivity contribution in [3.63, 3.8) is 0 Å². The van der Waals surface area contributed by atoms with Crippen LogP contribution in [0.2, 0.25) is 0 Å². The quantitative estimate of drug-likeness (QED) is 0.813. The number of rotatable bonds is 4. The molecule has 6 heteroatoms. The third-order valence-electron chi connectivity index (χ3n) is 3.19. The van der Waals surface area contributed by atoms with Crippen molar-refractivity contribution in [2.75, 3.05) is 18.2 Å². The van der Waals surface area contributed by atoms with Crippen LogP contribution < -0.4 is 0 Å². The van der Waals surface area contributed by atoms with Crippen LogP contribution in [0.1, 0.15) is 25.7 Å². The molecule has 2 aliphatic heterocycles. The molecule has 0 aromatic carbocycles. The standard InChI is InChI=1S/C11H17NO4S/c13-10(4-3-8-2-1-5-16-8)12-7-17-6-9(12)11(14)15/h8-9H,1-7H2,(H,14,15)/t8?,9-/m0/s1. The van der Waals surface area contributed by atoms with Gasteiger partial charge in [-0.2, -0.15) is 0 Å². The van der Waals surface area contributed by atoms with Crippen LogP contribution in [0.3, 0.4) is 0 Å². The zero-order chi connectivity index (χ0) is 12.3. The van der Waals surface area contributed by atoms with E-state index in [9.17, 15) is 9.59 Å². The monoisotopic (exact) mass is 259 g/mol. The number of hydrogen-bond acceptors (Lipinski definition) is 4. The SMILES string of the molecule is O=C(O)[C@@H]1CSCN1C(=O)CCC1CCCO1. The lowest BCUT2D eigenvalue weighted by Crippen LogP contribution is -2.41. The number of carbonyl (C=O) groups is 2. The van der Waals surface area contributed by atoms with E-state index in [2.05, 4.69) is 0 Å². The van der Waals surface area contributed by atoms with Crippen molar-refractivity contribution in [1.82, 2.24) is 4.90 Å². The number of hydrogen-bond donors (Lipinski definition) is 1. The summed E-state index contributed by atoms with van der Waals surface area (Å²) in [5.41, 5.74) is 0. The van der Waals surface area contributed by atoms with Gasteiger partial charge < -0.3 is 14.7 Å². The second-order valence-electron chi connectivity index (χ2n) is 4.39. The fourth-order valence-corrected chi connectivity index (χ4v) is 3.36. The fourth-order valence-electron chi connectivity index (χ4n) is 2.19. The highest BCUT2D eigenvalue weighted by molar-refractivity contribution is 7.99. The van der Waals surface area contributed by atoms with Crippen molar-refractivity contribution < 1.29 is 19.4 Å². The Hall–Kier alpha value is -0.750. The summed E-state index contributed by atoms with van der Waals surface area (Å²) in [6.07, 6.45) is 3.39. The molecule has 0 aromatic rings. The molecule has 2 saturated heterocycles. The van der Waals surface area contributed by atoms with Crippen LogP contribution in [0.25, 0.3) is 0 Å². The molecule has 0 saturated carbocycles. The minimum absolute atomic E-state index is 0.0575. The van der Waals surface area contributed by atoms with Crippen LogP contribution in [0, 0.1) is 0 Å². The first-order valence-corrected chi connectivity index (χ1v) is 7.05. The largest absolute Gasteiger partial charge is 0.480 e. The summed E-state index contributed by atoms with van der Waals surface area (Å²) in [5, 5.41) is 8.98. The van der Waals surface area contributed by atoms with Gasteiger partial charge in [0.25, 0.3) is 0 Å². The first-order valence-electron chi connectivity index (χ1n) is 5.90. The van der Waals surface area contributed by atoms with Crippen LogP contribution >= 0.6 is 11.8 Å². The van der Waals surface area contributed by atoms with Crippen LogP contribution in [0.5, 0.6) is 0 Å². The lowest BCUT2D eigenvalue weighted by Gasteiger charge is -2.21. The minimum Gasteiger partial charge on any atom is -0.480 e. The zero-order valence-corrected chi connectivity index (χ0v) is 10.4. The van der Waals surface area contributed by atoms with Gasteiger partial charge in [0.1, 0.15) is 6.04 Å². The maximum atomic E-state index is 11.9. The van der Waals surface area contributed by atoms with Gasteiger partial charge >= 0.3 is 5.97 Å². The molecule has 0 radical (unpaired) electrons. The molecule has 2 aliphatic rings. The van der Waals surface area contributed by atoms with E-state index in [0.29, 0.717) is 24.5 Å². The van der Waals surface area contributed by atoms with Gasteiger partial charge in [-0.3, -0.25) is 4.79 Å². The molecule has 0 bridgehead atoms. The maximum Gasteiger partial charge on any atom is 0.327 e.